The molecule has 1 radical (unpaired) electrons. The van der Waals surface area contributed by atoms with Crippen LogP contribution in [0.3, 0.4) is 0 Å². The van der Waals surface area contributed by atoms with Gasteiger partial charge in [-0.2, -0.15) is 0 Å². The summed E-state index contributed by atoms with van der Waals surface area (Å²) < 4.78 is 0. The Labute approximate surface area is 78.5 Å². The van der Waals surface area contributed by atoms with Gasteiger partial charge in [0.2, 0.25) is 12.7 Å². The molecule has 0 aromatic carbocycles. The molecule has 1 amide bonds. The van der Waals surface area contributed by atoms with E-state index in [-0.39, 0.29) is 12.5 Å². The van der Waals surface area contributed by atoms with Crippen LogP contribution in [-0.2, 0) is 9.59 Å². The van der Waals surface area contributed by atoms with Crippen molar-refractivity contribution >= 4 is 12.7 Å². The first-order valence-corrected chi connectivity index (χ1v) is 4.53. The largest absolute Gasteiger partial charge is 0.290 e. The monoisotopic (exact) mass is 186 g/mol. The Hall–Kier alpha value is -0.900. The molecule has 1 N–H and O–H groups in total. The standard InChI is InChI=1S/C9H16NO3/c1-2-3-4-5-9(7-11)6-10(13)8-12/h8-9,13H,2-6H2,1H3. The fraction of sp³-hybridized carbons (Fsp3) is 0.778. The quantitative estimate of drug-likeness (QED) is 0.267. The van der Waals surface area contributed by atoms with Crippen LogP contribution in [0.25, 0.3) is 0 Å². The maximum atomic E-state index is 10.4. The fourth-order valence-electron chi connectivity index (χ4n) is 1.10. The second kappa shape index (κ2) is 7.73. The van der Waals surface area contributed by atoms with Crippen molar-refractivity contribution in [2.45, 2.75) is 32.6 Å². The van der Waals surface area contributed by atoms with Crippen LogP contribution < -0.4 is 0 Å². The van der Waals surface area contributed by atoms with Crippen molar-refractivity contribution < 1.29 is 14.8 Å². The summed E-state index contributed by atoms with van der Waals surface area (Å²) in [6.07, 6.45) is 5.87. The molecular weight excluding hydrogens is 170 g/mol. The van der Waals surface area contributed by atoms with E-state index in [4.69, 9.17) is 5.21 Å². The van der Waals surface area contributed by atoms with Gasteiger partial charge in [-0.05, 0) is 6.42 Å². The first-order valence-electron chi connectivity index (χ1n) is 4.53. The highest BCUT2D eigenvalue weighted by molar-refractivity contribution is 5.56. The van der Waals surface area contributed by atoms with E-state index in [2.05, 4.69) is 6.92 Å². The van der Waals surface area contributed by atoms with E-state index in [1.165, 1.54) is 0 Å². The molecule has 0 spiro atoms. The topological polar surface area (TPSA) is 57.6 Å². The van der Waals surface area contributed by atoms with Crippen LogP contribution in [0.4, 0.5) is 0 Å². The highest BCUT2D eigenvalue weighted by Gasteiger charge is 2.11. The Morgan fingerprint density at radius 2 is 2.23 bits per heavy atom. The summed E-state index contributed by atoms with van der Waals surface area (Å²) in [6.45, 7) is 2.13. The lowest BCUT2D eigenvalue weighted by Crippen LogP contribution is -2.25. The Bertz CT molecular complexity index is 150. The normalized spacial score (nSPS) is 12.2. The van der Waals surface area contributed by atoms with Gasteiger partial charge in [0.15, 0.2) is 0 Å². The van der Waals surface area contributed by atoms with Gasteiger partial charge in [-0.15, -0.1) is 0 Å². The van der Waals surface area contributed by atoms with Crippen LogP contribution in [0.15, 0.2) is 0 Å². The van der Waals surface area contributed by atoms with Crippen molar-refractivity contribution in [1.82, 2.24) is 5.06 Å². The third kappa shape index (κ3) is 6.28. The van der Waals surface area contributed by atoms with Crippen molar-refractivity contribution in [2.75, 3.05) is 6.54 Å². The molecule has 75 valence electrons. The van der Waals surface area contributed by atoms with Crippen molar-refractivity contribution in [3.8, 4) is 0 Å². The van der Waals surface area contributed by atoms with Gasteiger partial charge in [-0.3, -0.25) is 14.8 Å². The number of nitrogens with zero attached hydrogens (tertiary/aromatic N) is 1. The second-order valence-electron chi connectivity index (χ2n) is 3.04. The number of rotatable bonds is 8. The summed E-state index contributed by atoms with van der Waals surface area (Å²) in [5, 5.41) is 9.29. The molecule has 0 aromatic rings. The maximum absolute atomic E-state index is 10.4. The van der Waals surface area contributed by atoms with Gasteiger partial charge in [0.1, 0.15) is 0 Å². The molecule has 0 aliphatic rings. The second-order valence-corrected chi connectivity index (χ2v) is 3.04. The zero-order valence-electron chi connectivity index (χ0n) is 7.90. The number of hydrogen-bond donors (Lipinski definition) is 1. The van der Waals surface area contributed by atoms with Crippen molar-refractivity contribution in [2.24, 2.45) is 5.92 Å². The fourth-order valence-corrected chi connectivity index (χ4v) is 1.10. The third-order valence-corrected chi connectivity index (χ3v) is 1.85. The van der Waals surface area contributed by atoms with Crippen LogP contribution in [0.2, 0.25) is 0 Å². The van der Waals surface area contributed by atoms with E-state index >= 15 is 0 Å². The van der Waals surface area contributed by atoms with Crippen molar-refractivity contribution in [1.29, 1.82) is 0 Å². The third-order valence-electron chi connectivity index (χ3n) is 1.85. The van der Waals surface area contributed by atoms with E-state index in [0.29, 0.717) is 17.9 Å². The Morgan fingerprint density at radius 1 is 1.54 bits per heavy atom. The van der Waals surface area contributed by atoms with Crippen LogP contribution in [0.5, 0.6) is 0 Å². The highest BCUT2D eigenvalue weighted by Crippen LogP contribution is 2.08. The number of unbranched alkanes of at least 4 members (excludes halogenated alkanes) is 2. The molecule has 0 aliphatic carbocycles. The van der Waals surface area contributed by atoms with Gasteiger partial charge >= 0.3 is 0 Å². The predicted octanol–water partition coefficient (Wildman–Crippen LogP) is 1.14. The zero-order chi connectivity index (χ0) is 10.1. The molecule has 1 atom stereocenters. The smallest absolute Gasteiger partial charge is 0.233 e. The Kier molecular flexibility index (Phi) is 7.20. The molecule has 0 rings (SSSR count). The number of hydroxylamine groups is 2. The van der Waals surface area contributed by atoms with E-state index in [1.54, 1.807) is 0 Å². The average Bonchev–Trinajstić information content (AvgIpc) is 2.16. The maximum Gasteiger partial charge on any atom is 0.233 e. The van der Waals surface area contributed by atoms with Gasteiger partial charge in [0.25, 0.3) is 0 Å². The molecule has 0 heterocycles. The lowest BCUT2D eigenvalue weighted by atomic mass is 10.0. The highest BCUT2D eigenvalue weighted by atomic mass is 16.5. The summed E-state index contributed by atoms with van der Waals surface area (Å²) in [4.78, 5) is 20.4. The zero-order valence-corrected chi connectivity index (χ0v) is 7.90. The minimum Gasteiger partial charge on any atom is -0.290 e. The number of carbonyl (C=O) groups is 1. The first-order chi connectivity index (χ1) is 6.24. The van der Waals surface area contributed by atoms with Crippen molar-refractivity contribution in [3.05, 3.63) is 0 Å². The first kappa shape index (κ1) is 12.1. The molecule has 13 heavy (non-hydrogen) atoms. The van der Waals surface area contributed by atoms with Gasteiger partial charge in [0, 0.05) is 5.92 Å². The summed E-state index contributed by atoms with van der Waals surface area (Å²) in [5.74, 6) is -0.359. The minimum atomic E-state index is -0.359. The molecular formula is C9H16NO3. The number of hydrogen-bond acceptors (Lipinski definition) is 3. The summed E-state index contributed by atoms with van der Waals surface area (Å²) >= 11 is 0. The lowest BCUT2D eigenvalue weighted by Gasteiger charge is -2.13. The van der Waals surface area contributed by atoms with E-state index in [1.807, 2.05) is 6.29 Å². The summed E-state index contributed by atoms with van der Waals surface area (Å²) in [5.41, 5.74) is 0. The average molecular weight is 186 g/mol. The van der Waals surface area contributed by atoms with E-state index in [0.717, 1.165) is 19.3 Å². The number of carbonyl (C=O) groups excluding carboxylic acids is 2. The van der Waals surface area contributed by atoms with Gasteiger partial charge in [0.05, 0.1) is 6.54 Å². The molecule has 0 aliphatic heterocycles. The van der Waals surface area contributed by atoms with Gasteiger partial charge in [-0.1, -0.05) is 26.2 Å². The molecule has 0 fully saturated rings. The van der Waals surface area contributed by atoms with E-state index < -0.39 is 0 Å². The molecule has 1 unspecified atom stereocenters. The summed E-state index contributed by atoms with van der Waals surface area (Å²) in [7, 11) is 0. The molecule has 4 nitrogen and oxygen atoms in total. The summed E-state index contributed by atoms with van der Waals surface area (Å²) in [6, 6.07) is 0. The molecule has 0 saturated heterocycles. The van der Waals surface area contributed by atoms with Gasteiger partial charge < -0.3 is 0 Å². The van der Waals surface area contributed by atoms with Crippen LogP contribution in [-0.4, -0.2) is 29.5 Å². The molecule has 0 saturated carbocycles. The number of amides is 1. The minimum absolute atomic E-state index is 0.0523. The molecule has 0 aromatic heterocycles. The molecule has 4 heteroatoms. The SMILES string of the molecule is CCCCCC([C]=O)CN(O)C=O. The van der Waals surface area contributed by atoms with Crippen LogP contribution >= 0.6 is 0 Å². The van der Waals surface area contributed by atoms with E-state index in [9.17, 15) is 9.59 Å². The van der Waals surface area contributed by atoms with Crippen LogP contribution in [0.1, 0.15) is 32.6 Å². The van der Waals surface area contributed by atoms with Crippen LogP contribution in [0, 0.1) is 5.92 Å². The van der Waals surface area contributed by atoms with Crippen molar-refractivity contribution in [3.63, 3.8) is 0 Å². The van der Waals surface area contributed by atoms with Gasteiger partial charge in [-0.25, -0.2) is 5.06 Å². The Morgan fingerprint density at radius 3 is 2.69 bits per heavy atom. The predicted molar refractivity (Wildman–Crippen MR) is 47.9 cm³/mol. The Balaban J connectivity index is 3.62. The molecule has 0 bridgehead atoms. The lowest BCUT2D eigenvalue weighted by molar-refractivity contribution is -0.151.